The zero-order valence-corrected chi connectivity index (χ0v) is 16.4. The van der Waals surface area contributed by atoms with Crippen molar-refractivity contribution in [3.63, 3.8) is 0 Å². The minimum absolute atomic E-state index is 0.0698. The molecule has 1 saturated heterocycles. The number of piperidine rings is 1. The van der Waals surface area contributed by atoms with Crippen molar-refractivity contribution in [1.82, 2.24) is 19.1 Å². The van der Waals surface area contributed by atoms with Crippen LogP contribution in [0.5, 0.6) is 0 Å². The Morgan fingerprint density at radius 3 is 2.62 bits per heavy atom. The van der Waals surface area contributed by atoms with Crippen LogP contribution in [-0.4, -0.2) is 38.4 Å². The highest BCUT2D eigenvalue weighted by Crippen LogP contribution is 2.35. The quantitative estimate of drug-likeness (QED) is 0.635. The van der Waals surface area contributed by atoms with Gasteiger partial charge in [0.15, 0.2) is 11.2 Å². The molecule has 0 radical (unpaired) electrons. The van der Waals surface area contributed by atoms with Crippen LogP contribution in [0.2, 0.25) is 5.02 Å². The molecule has 3 heterocycles. The van der Waals surface area contributed by atoms with Crippen molar-refractivity contribution in [3.05, 3.63) is 46.0 Å². The minimum atomic E-state index is -4.29. The van der Waals surface area contributed by atoms with E-state index in [4.69, 9.17) is 11.6 Å². The lowest BCUT2D eigenvalue weighted by Crippen LogP contribution is -2.44. The third-order valence-corrected chi connectivity index (χ3v) is 5.47. The van der Waals surface area contributed by atoms with Gasteiger partial charge in [-0.2, -0.15) is 18.2 Å². The van der Waals surface area contributed by atoms with E-state index in [0.717, 1.165) is 0 Å². The van der Waals surface area contributed by atoms with Gasteiger partial charge in [-0.3, -0.25) is 4.79 Å². The number of imidazole rings is 1. The second kappa shape index (κ2) is 7.37. The second-order valence-electron chi connectivity index (χ2n) is 7.06. The summed E-state index contributed by atoms with van der Waals surface area (Å²) in [5.74, 6) is -1.27. The number of fused-ring (bicyclic) bond motifs is 1. The molecule has 4 rings (SSSR count). The van der Waals surface area contributed by atoms with Crippen LogP contribution in [0.4, 0.5) is 19.1 Å². The number of hydrogen-bond donors (Lipinski definition) is 0. The molecule has 0 bridgehead atoms. The van der Waals surface area contributed by atoms with Gasteiger partial charge < -0.3 is 9.47 Å². The first-order valence-corrected chi connectivity index (χ1v) is 9.73. The highest BCUT2D eigenvalue weighted by molar-refractivity contribution is 6.30. The van der Waals surface area contributed by atoms with Crippen molar-refractivity contribution in [3.8, 4) is 5.69 Å². The van der Waals surface area contributed by atoms with Crippen molar-refractivity contribution in [2.45, 2.75) is 32.5 Å². The average molecular weight is 426 g/mol. The lowest BCUT2D eigenvalue weighted by molar-refractivity contribution is -0.176. The first kappa shape index (κ1) is 19.8. The Labute approximate surface area is 169 Å². The lowest BCUT2D eigenvalue weighted by atomic mass is 9.98. The summed E-state index contributed by atoms with van der Waals surface area (Å²) in [6.07, 6.45) is -2.34. The van der Waals surface area contributed by atoms with E-state index in [1.54, 1.807) is 33.7 Å². The van der Waals surface area contributed by atoms with Crippen molar-refractivity contribution < 1.29 is 13.2 Å². The normalized spacial score (nSPS) is 17.8. The van der Waals surface area contributed by atoms with Crippen molar-refractivity contribution in [1.29, 1.82) is 0 Å². The molecule has 1 unspecified atom stereocenters. The van der Waals surface area contributed by atoms with Crippen LogP contribution in [0.15, 0.2) is 35.4 Å². The van der Waals surface area contributed by atoms with Crippen LogP contribution < -0.4 is 10.5 Å². The number of halogens is 4. The summed E-state index contributed by atoms with van der Waals surface area (Å²) in [7, 11) is 0. The second-order valence-corrected chi connectivity index (χ2v) is 7.49. The summed E-state index contributed by atoms with van der Waals surface area (Å²) < 4.78 is 43.1. The van der Waals surface area contributed by atoms with Crippen LogP contribution in [0.3, 0.4) is 0 Å². The number of hydrogen-bond acceptors (Lipinski definition) is 4. The monoisotopic (exact) mass is 425 g/mol. The smallest absolute Gasteiger partial charge is 0.341 e. The SMILES string of the molecule is CCn1cnc2c(=O)n(-c3ccc(Cl)cc3)c(N3CCCC(C(F)(F)F)C3)nc21. The van der Waals surface area contributed by atoms with E-state index in [1.807, 2.05) is 6.92 Å². The van der Waals surface area contributed by atoms with Crippen LogP contribution in [0.25, 0.3) is 16.9 Å². The van der Waals surface area contributed by atoms with Gasteiger partial charge in [-0.05, 0) is 44.0 Å². The van der Waals surface area contributed by atoms with Crippen LogP contribution in [-0.2, 0) is 6.54 Å². The van der Waals surface area contributed by atoms with Crippen LogP contribution >= 0.6 is 11.6 Å². The van der Waals surface area contributed by atoms with E-state index in [1.165, 1.54) is 10.9 Å². The molecule has 1 aliphatic rings. The minimum Gasteiger partial charge on any atom is -0.341 e. The molecule has 0 N–H and O–H groups in total. The Balaban J connectivity index is 1.92. The molecule has 1 atom stereocenters. The average Bonchev–Trinajstić information content (AvgIpc) is 3.12. The van der Waals surface area contributed by atoms with E-state index in [9.17, 15) is 18.0 Å². The first-order valence-electron chi connectivity index (χ1n) is 9.35. The fourth-order valence-electron chi connectivity index (χ4n) is 3.68. The molecule has 0 spiro atoms. The zero-order chi connectivity index (χ0) is 20.8. The van der Waals surface area contributed by atoms with E-state index < -0.39 is 17.7 Å². The van der Waals surface area contributed by atoms with E-state index in [-0.39, 0.29) is 24.4 Å². The standard InChI is InChI=1S/C19H19ClF3N5O/c1-2-26-11-24-15-16(26)25-18(27-9-3-4-12(10-27)19(21,22)23)28(17(15)29)14-7-5-13(20)6-8-14/h5-8,11-12H,2-4,9-10H2,1H3. The topological polar surface area (TPSA) is 56.0 Å². The van der Waals surface area contributed by atoms with E-state index in [2.05, 4.69) is 9.97 Å². The number of benzene rings is 1. The van der Waals surface area contributed by atoms with Gasteiger partial charge >= 0.3 is 6.18 Å². The third kappa shape index (κ3) is 3.59. The van der Waals surface area contributed by atoms with Gasteiger partial charge in [0.25, 0.3) is 5.56 Å². The molecular formula is C19H19ClF3N5O. The fraction of sp³-hybridized carbons (Fsp3) is 0.421. The van der Waals surface area contributed by atoms with Gasteiger partial charge in [0.1, 0.15) is 0 Å². The maximum atomic E-state index is 13.4. The van der Waals surface area contributed by atoms with Gasteiger partial charge in [0.2, 0.25) is 5.95 Å². The van der Waals surface area contributed by atoms with Gasteiger partial charge in [-0.25, -0.2) is 9.55 Å². The molecule has 3 aromatic rings. The Kier molecular flexibility index (Phi) is 5.02. The maximum Gasteiger partial charge on any atom is 0.393 e. The summed E-state index contributed by atoms with van der Waals surface area (Å²) >= 11 is 5.96. The fourth-order valence-corrected chi connectivity index (χ4v) is 3.80. The molecule has 10 heteroatoms. The third-order valence-electron chi connectivity index (χ3n) is 5.21. The maximum absolute atomic E-state index is 13.4. The largest absolute Gasteiger partial charge is 0.393 e. The predicted octanol–water partition coefficient (Wildman–Crippen LogP) is 4.03. The van der Waals surface area contributed by atoms with Crippen LogP contribution in [0, 0.1) is 5.92 Å². The molecule has 1 aliphatic heterocycles. The first-order chi connectivity index (χ1) is 13.8. The summed E-state index contributed by atoms with van der Waals surface area (Å²) in [6, 6.07) is 6.53. The molecule has 29 heavy (non-hydrogen) atoms. The number of aryl methyl sites for hydroxylation is 1. The summed E-state index contributed by atoms with van der Waals surface area (Å²) in [5.41, 5.74) is 0.597. The molecule has 2 aromatic heterocycles. The molecule has 1 fully saturated rings. The van der Waals surface area contributed by atoms with Crippen LogP contribution in [0.1, 0.15) is 19.8 Å². The lowest BCUT2D eigenvalue weighted by Gasteiger charge is -2.35. The van der Waals surface area contributed by atoms with Gasteiger partial charge in [0, 0.05) is 24.7 Å². The van der Waals surface area contributed by atoms with Crippen molar-refractivity contribution in [2.24, 2.45) is 5.92 Å². The molecule has 1 aromatic carbocycles. The summed E-state index contributed by atoms with van der Waals surface area (Å²) in [5, 5.41) is 0.489. The molecule has 0 amide bonds. The number of aromatic nitrogens is 4. The number of rotatable bonds is 3. The Morgan fingerprint density at radius 1 is 1.24 bits per heavy atom. The van der Waals surface area contributed by atoms with Crippen molar-refractivity contribution >= 4 is 28.7 Å². The molecule has 0 aliphatic carbocycles. The molecule has 6 nitrogen and oxygen atoms in total. The summed E-state index contributed by atoms with van der Waals surface area (Å²) in [4.78, 5) is 23.6. The highest BCUT2D eigenvalue weighted by Gasteiger charge is 2.42. The number of nitrogens with zero attached hydrogens (tertiary/aromatic N) is 5. The molecule has 154 valence electrons. The van der Waals surface area contributed by atoms with Gasteiger partial charge in [0.05, 0.1) is 17.9 Å². The zero-order valence-electron chi connectivity index (χ0n) is 15.7. The van der Waals surface area contributed by atoms with Gasteiger partial charge in [-0.1, -0.05) is 11.6 Å². The predicted molar refractivity (Wildman–Crippen MR) is 105 cm³/mol. The highest BCUT2D eigenvalue weighted by atomic mass is 35.5. The van der Waals surface area contributed by atoms with E-state index in [0.29, 0.717) is 35.9 Å². The van der Waals surface area contributed by atoms with E-state index >= 15 is 0 Å². The summed E-state index contributed by atoms with van der Waals surface area (Å²) in [6.45, 7) is 2.57. The van der Waals surface area contributed by atoms with Gasteiger partial charge in [-0.15, -0.1) is 0 Å². The Morgan fingerprint density at radius 2 is 1.97 bits per heavy atom. The van der Waals surface area contributed by atoms with Crippen molar-refractivity contribution in [2.75, 3.05) is 18.0 Å². The molecule has 0 saturated carbocycles. The Bertz CT molecular complexity index is 1090. The molecular weight excluding hydrogens is 407 g/mol. The number of anilines is 1. The Hall–Kier alpha value is -2.55. The number of alkyl halides is 3.